The largest absolute Gasteiger partial charge is 0.456 e. The Hall–Kier alpha value is -7.40. The smallest absolute Gasteiger partial charge is 0.137 e. The molecule has 58 heavy (non-hydrogen) atoms. The van der Waals surface area contributed by atoms with Crippen molar-refractivity contribution in [3.63, 3.8) is 0 Å². The zero-order valence-corrected chi connectivity index (χ0v) is 32.2. The molecule has 0 saturated heterocycles. The summed E-state index contributed by atoms with van der Waals surface area (Å²) < 4.78 is 11.4. The van der Waals surface area contributed by atoms with Gasteiger partial charge in [0, 0.05) is 42.9 Å². The number of furan rings is 1. The van der Waals surface area contributed by atoms with Gasteiger partial charge in [-0.15, -0.1) is 11.3 Å². The van der Waals surface area contributed by atoms with Gasteiger partial charge in [-0.05, 0) is 77.4 Å². The second-order valence-corrected chi connectivity index (χ2v) is 15.9. The van der Waals surface area contributed by atoms with E-state index >= 15 is 0 Å². The van der Waals surface area contributed by atoms with Crippen molar-refractivity contribution in [2.45, 2.75) is 0 Å². The first kappa shape index (κ1) is 32.8. The van der Waals surface area contributed by atoms with Gasteiger partial charge in [-0.2, -0.15) is 0 Å². The Morgan fingerprint density at radius 1 is 0.397 bits per heavy atom. The summed E-state index contributed by atoms with van der Waals surface area (Å²) in [4.78, 5) is 2.43. The van der Waals surface area contributed by atoms with Crippen LogP contribution in [0.15, 0.2) is 211 Å². The normalized spacial score (nSPS) is 11.8. The highest BCUT2D eigenvalue weighted by Crippen LogP contribution is 2.48. The fraction of sp³-hybridized carbons (Fsp3) is 0. The highest BCUT2D eigenvalue weighted by atomic mass is 32.1. The molecule has 0 N–H and O–H groups in total. The van der Waals surface area contributed by atoms with Crippen LogP contribution in [-0.2, 0) is 0 Å². The van der Waals surface area contributed by atoms with Crippen LogP contribution >= 0.6 is 11.3 Å². The molecule has 0 saturated carbocycles. The average Bonchev–Trinajstić information content (AvgIpc) is 3.97. The van der Waals surface area contributed by atoms with Crippen molar-refractivity contribution in [1.29, 1.82) is 0 Å². The number of benzene rings is 9. The lowest BCUT2D eigenvalue weighted by atomic mass is 9.93. The van der Waals surface area contributed by atoms with Gasteiger partial charge in [0.1, 0.15) is 11.2 Å². The summed E-state index contributed by atoms with van der Waals surface area (Å²) in [5, 5.41) is 7.27. The molecular weight excluding hydrogens is 725 g/mol. The lowest BCUT2D eigenvalue weighted by Gasteiger charge is -2.27. The Kier molecular flexibility index (Phi) is 7.40. The van der Waals surface area contributed by atoms with Crippen LogP contribution in [0, 0.1) is 0 Å². The maximum absolute atomic E-state index is 6.44. The number of fused-ring (bicyclic) bond motifs is 9. The van der Waals surface area contributed by atoms with E-state index < -0.39 is 0 Å². The minimum absolute atomic E-state index is 0.875. The number of thiophene rings is 1. The molecule has 3 aromatic heterocycles. The Balaban J connectivity index is 1.04. The molecule has 12 aromatic rings. The van der Waals surface area contributed by atoms with E-state index in [0.717, 1.165) is 50.3 Å². The number of para-hydroxylation sites is 4. The number of aromatic nitrogens is 1. The summed E-state index contributed by atoms with van der Waals surface area (Å²) in [6, 6.07) is 74.4. The molecule has 0 bridgehead atoms. The maximum Gasteiger partial charge on any atom is 0.137 e. The van der Waals surface area contributed by atoms with E-state index in [-0.39, 0.29) is 0 Å². The summed E-state index contributed by atoms with van der Waals surface area (Å²) in [6.45, 7) is 0. The van der Waals surface area contributed by atoms with Crippen LogP contribution in [0.5, 0.6) is 0 Å². The Morgan fingerprint density at radius 2 is 0.966 bits per heavy atom. The molecule has 0 fully saturated rings. The van der Waals surface area contributed by atoms with E-state index in [1.54, 1.807) is 0 Å². The highest BCUT2D eigenvalue weighted by Gasteiger charge is 2.23. The van der Waals surface area contributed by atoms with E-state index in [1.807, 2.05) is 17.4 Å². The minimum Gasteiger partial charge on any atom is -0.456 e. The van der Waals surface area contributed by atoms with Crippen molar-refractivity contribution < 1.29 is 4.42 Å². The predicted octanol–water partition coefficient (Wildman–Crippen LogP) is 15.9. The monoisotopic (exact) mass is 758 g/mol. The molecule has 0 radical (unpaired) electrons. The third-order valence-electron chi connectivity index (χ3n) is 11.6. The lowest BCUT2D eigenvalue weighted by Crippen LogP contribution is -2.10. The highest BCUT2D eigenvalue weighted by molar-refractivity contribution is 7.26. The van der Waals surface area contributed by atoms with E-state index in [9.17, 15) is 0 Å². The van der Waals surface area contributed by atoms with Crippen molar-refractivity contribution in [2.24, 2.45) is 0 Å². The first-order valence-corrected chi connectivity index (χ1v) is 20.5. The van der Waals surface area contributed by atoms with Crippen LogP contribution in [0.2, 0.25) is 0 Å². The lowest BCUT2D eigenvalue weighted by molar-refractivity contribution is 0.669. The molecule has 4 heteroatoms. The van der Waals surface area contributed by atoms with Crippen LogP contribution in [0.25, 0.3) is 91.9 Å². The molecule has 12 rings (SSSR count). The summed E-state index contributed by atoms with van der Waals surface area (Å²) in [5.41, 5.74) is 13.3. The molecule has 3 nitrogen and oxygen atoms in total. The second-order valence-electron chi connectivity index (χ2n) is 14.8. The van der Waals surface area contributed by atoms with E-state index in [2.05, 4.69) is 210 Å². The summed E-state index contributed by atoms with van der Waals surface area (Å²) in [5.74, 6) is 0. The third-order valence-corrected chi connectivity index (χ3v) is 12.8. The number of hydrogen-bond acceptors (Lipinski definition) is 3. The van der Waals surface area contributed by atoms with Gasteiger partial charge < -0.3 is 13.9 Å². The molecule has 3 heterocycles. The number of anilines is 3. The molecule has 0 unspecified atom stereocenters. The SMILES string of the molecule is c1ccc(-c2ccccc2-n2c3ccccc3c3ccccc32)c(-c2ccc(N(c3cccc4c3sc3ccccc34)c3cccc4oc5ccccc5c34)cc2)c1. The fourth-order valence-electron chi connectivity index (χ4n) is 9.10. The zero-order valence-electron chi connectivity index (χ0n) is 31.3. The molecule has 9 aromatic carbocycles. The second kappa shape index (κ2) is 13.1. The van der Waals surface area contributed by atoms with Gasteiger partial charge in [-0.3, -0.25) is 0 Å². The predicted molar refractivity (Wildman–Crippen MR) is 247 cm³/mol. The molecular formula is C54H34N2OS. The number of hydrogen-bond donors (Lipinski definition) is 0. The van der Waals surface area contributed by atoms with Crippen LogP contribution in [0.3, 0.4) is 0 Å². The zero-order chi connectivity index (χ0) is 38.2. The molecule has 0 aliphatic rings. The Morgan fingerprint density at radius 3 is 1.76 bits per heavy atom. The third kappa shape index (κ3) is 4.99. The van der Waals surface area contributed by atoms with Gasteiger partial charge in [0.25, 0.3) is 0 Å². The minimum atomic E-state index is 0.875. The molecule has 0 atom stereocenters. The standard InChI is InChI=1S/C54H34N2OS/c1-2-16-38(39-17-3-8-23-45(39)56-46-24-9-4-18-40(46)41-19-5-10-25-47(41)56)37(15-1)35-31-33-36(34-32-35)55(48-26-14-29-51-53(48)44-21-6-11-28-50(44)57-51)49-27-13-22-43-42-20-7-12-30-52(42)58-54(43)49/h1-34H. The fourth-order valence-corrected chi connectivity index (χ4v) is 10.3. The van der Waals surface area contributed by atoms with Crippen LogP contribution in [0.4, 0.5) is 17.1 Å². The number of rotatable bonds is 6. The average molecular weight is 759 g/mol. The van der Waals surface area contributed by atoms with E-state index in [1.165, 1.54) is 58.7 Å². The van der Waals surface area contributed by atoms with E-state index in [0.29, 0.717) is 0 Å². The van der Waals surface area contributed by atoms with Crippen LogP contribution < -0.4 is 4.90 Å². The molecule has 0 spiro atoms. The van der Waals surface area contributed by atoms with Gasteiger partial charge in [0.15, 0.2) is 0 Å². The van der Waals surface area contributed by atoms with Gasteiger partial charge in [0.2, 0.25) is 0 Å². The van der Waals surface area contributed by atoms with Crippen molar-refractivity contribution in [3.8, 4) is 27.9 Å². The topological polar surface area (TPSA) is 21.3 Å². The first-order chi connectivity index (χ1) is 28.8. The van der Waals surface area contributed by atoms with Gasteiger partial charge in [-0.25, -0.2) is 0 Å². The van der Waals surface area contributed by atoms with Crippen LogP contribution in [0.1, 0.15) is 0 Å². The van der Waals surface area contributed by atoms with Crippen molar-refractivity contribution in [3.05, 3.63) is 206 Å². The van der Waals surface area contributed by atoms with E-state index in [4.69, 9.17) is 4.42 Å². The molecule has 0 aliphatic carbocycles. The van der Waals surface area contributed by atoms with Crippen molar-refractivity contribution >= 4 is 92.3 Å². The Bertz CT molecular complexity index is 3480. The van der Waals surface area contributed by atoms with Gasteiger partial charge >= 0.3 is 0 Å². The summed E-state index contributed by atoms with van der Waals surface area (Å²) >= 11 is 1.85. The van der Waals surface area contributed by atoms with Gasteiger partial charge in [0.05, 0.1) is 38.2 Å². The summed E-state index contributed by atoms with van der Waals surface area (Å²) in [7, 11) is 0. The quantitative estimate of drug-likeness (QED) is 0.168. The molecule has 0 aliphatic heterocycles. The van der Waals surface area contributed by atoms with Crippen LogP contribution in [-0.4, -0.2) is 4.57 Å². The summed E-state index contributed by atoms with van der Waals surface area (Å²) in [6.07, 6.45) is 0. The molecule has 272 valence electrons. The first-order valence-electron chi connectivity index (χ1n) is 19.7. The van der Waals surface area contributed by atoms with Gasteiger partial charge in [-0.1, -0.05) is 146 Å². The van der Waals surface area contributed by atoms with Crippen molar-refractivity contribution in [2.75, 3.05) is 4.90 Å². The maximum atomic E-state index is 6.44. The number of nitrogens with zero attached hydrogens (tertiary/aromatic N) is 2. The molecule has 0 amide bonds. The van der Waals surface area contributed by atoms with Crippen molar-refractivity contribution in [1.82, 2.24) is 4.57 Å². The Labute approximate surface area is 338 Å².